The summed E-state index contributed by atoms with van der Waals surface area (Å²) in [7, 11) is -3.53. The summed E-state index contributed by atoms with van der Waals surface area (Å²) in [5.41, 5.74) is 1.21. The van der Waals surface area contributed by atoms with Crippen LogP contribution in [0.4, 0.5) is 0 Å². The first-order chi connectivity index (χ1) is 11.2. The molecule has 1 aliphatic rings. The molecule has 2 rings (SSSR count). The van der Waals surface area contributed by atoms with Crippen LogP contribution >= 0.6 is 0 Å². The van der Waals surface area contributed by atoms with Gasteiger partial charge in [0.15, 0.2) is 0 Å². The Bertz CT molecular complexity index is 692. The Hall–Kier alpha value is -1.40. The van der Waals surface area contributed by atoms with Crippen LogP contribution in [0.5, 0.6) is 0 Å². The monoisotopic (exact) mass is 352 g/mol. The van der Waals surface area contributed by atoms with Crippen molar-refractivity contribution in [1.82, 2.24) is 9.62 Å². The van der Waals surface area contributed by atoms with Crippen molar-refractivity contribution in [3.63, 3.8) is 0 Å². The summed E-state index contributed by atoms with van der Waals surface area (Å²) in [6.07, 6.45) is 2.86. The molecule has 1 heterocycles. The highest BCUT2D eigenvalue weighted by Crippen LogP contribution is 2.23. The average Bonchev–Trinajstić information content (AvgIpc) is 2.55. The van der Waals surface area contributed by atoms with Crippen LogP contribution in [0.1, 0.15) is 56.0 Å². The third-order valence-electron chi connectivity index (χ3n) is 4.77. The molecule has 1 amide bonds. The fraction of sp³-hybridized carbons (Fsp3) is 0.611. The number of hydrogen-bond donors (Lipinski definition) is 1. The van der Waals surface area contributed by atoms with E-state index in [0.717, 1.165) is 24.8 Å². The van der Waals surface area contributed by atoms with Crippen LogP contribution in [0, 0.1) is 12.8 Å². The molecule has 1 N–H and O–H groups in total. The first-order valence-electron chi connectivity index (χ1n) is 8.65. The zero-order chi connectivity index (χ0) is 17.9. The van der Waals surface area contributed by atoms with E-state index < -0.39 is 10.0 Å². The minimum Gasteiger partial charge on any atom is -0.349 e. The molecule has 0 aromatic heterocycles. The SMILES string of the molecule is Cc1ccc(S(=O)(=O)N2CCCCC2)cc1C(=O)N[C@@H](C)C(C)C. The lowest BCUT2D eigenvalue weighted by Crippen LogP contribution is -2.37. The highest BCUT2D eigenvalue weighted by atomic mass is 32.2. The van der Waals surface area contributed by atoms with Crippen molar-refractivity contribution in [2.75, 3.05) is 13.1 Å². The molecule has 0 spiro atoms. The molecule has 0 aliphatic carbocycles. The molecule has 134 valence electrons. The van der Waals surface area contributed by atoms with Gasteiger partial charge < -0.3 is 5.32 Å². The number of nitrogens with one attached hydrogen (secondary N) is 1. The fourth-order valence-electron chi connectivity index (χ4n) is 2.71. The molecule has 0 radical (unpaired) electrons. The number of carbonyl (C=O) groups excluding carboxylic acids is 1. The molecule has 1 atom stereocenters. The fourth-order valence-corrected chi connectivity index (χ4v) is 4.26. The van der Waals surface area contributed by atoms with Crippen LogP contribution in [0.3, 0.4) is 0 Å². The largest absolute Gasteiger partial charge is 0.349 e. The van der Waals surface area contributed by atoms with Crippen LogP contribution in [-0.4, -0.2) is 37.8 Å². The van der Waals surface area contributed by atoms with Crippen LogP contribution in [0.15, 0.2) is 23.1 Å². The topological polar surface area (TPSA) is 66.5 Å². The molecule has 1 aliphatic heterocycles. The summed E-state index contributed by atoms with van der Waals surface area (Å²) in [5, 5.41) is 2.95. The number of rotatable bonds is 5. The van der Waals surface area contributed by atoms with Gasteiger partial charge in [0, 0.05) is 24.7 Å². The van der Waals surface area contributed by atoms with Crippen molar-refractivity contribution in [3.8, 4) is 0 Å². The van der Waals surface area contributed by atoms with E-state index in [1.807, 2.05) is 27.7 Å². The maximum absolute atomic E-state index is 12.8. The van der Waals surface area contributed by atoms with Crippen molar-refractivity contribution < 1.29 is 13.2 Å². The number of aryl methyl sites for hydroxylation is 1. The van der Waals surface area contributed by atoms with Crippen molar-refractivity contribution in [3.05, 3.63) is 29.3 Å². The summed E-state index contributed by atoms with van der Waals surface area (Å²) < 4.78 is 27.1. The van der Waals surface area contributed by atoms with Gasteiger partial charge in [-0.05, 0) is 50.3 Å². The van der Waals surface area contributed by atoms with Crippen LogP contribution in [-0.2, 0) is 10.0 Å². The molecule has 6 heteroatoms. The summed E-state index contributed by atoms with van der Waals surface area (Å²) in [5.74, 6) is 0.0962. The van der Waals surface area contributed by atoms with Gasteiger partial charge in [-0.25, -0.2) is 8.42 Å². The van der Waals surface area contributed by atoms with Gasteiger partial charge in [-0.2, -0.15) is 4.31 Å². The number of sulfonamides is 1. The molecule has 0 bridgehead atoms. The van der Waals surface area contributed by atoms with Gasteiger partial charge in [0.05, 0.1) is 4.90 Å². The first kappa shape index (κ1) is 18.9. The highest BCUT2D eigenvalue weighted by molar-refractivity contribution is 7.89. The Morgan fingerprint density at radius 3 is 2.33 bits per heavy atom. The number of piperidine rings is 1. The molecule has 1 aromatic rings. The molecule has 1 aromatic carbocycles. The molecule has 1 saturated heterocycles. The summed E-state index contributed by atoms with van der Waals surface area (Å²) in [6, 6.07) is 4.86. The lowest BCUT2D eigenvalue weighted by Gasteiger charge is -2.26. The summed E-state index contributed by atoms with van der Waals surface area (Å²) in [4.78, 5) is 12.7. The number of carbonyl (C=O) groups is 1. The maximum Gasteiger partial charge on any atom is 0.251 e. The van der Waals surface area contributed by atoms with E-state index >= 15 is 0 Å². The van der Waals surface area contributed by atoms with E-state index in [-0.39, 0.29) is 16.8 Å². The minimum absolute atomic E-state index is 0.0271. The standard InChI is InChI=1S/C18H28N2O3S/c1-13(2)15(4)19-18(21)17-12-16(9-8-14(17)3)24(22,23)20-10-6-5-7-11-20/h8-9,12-13,15H,5-7,10-11H2,1-4H3,(H,19,21)/t15-/m0/s1. The molecule has 5 nitrogen and oxygen atoms in total. The van der Waals surface area contributed by atoms with Crippen LogP contribution < -0.4 is 5.32 Å². The zero-order valence-corrected chi connectivity index (χ0v) is 15.8. The second kappa shape index (κ2) is 7.66. The Morgan fingerprint density at radius 2 is 1.75 bits per heavy atom. The van der Waals surface area contributed by atoms with Crippen molar-refractivity contribution in [2.24, 2.45) is 5.92 Å². The second-order valence-corrected chi connectivity index (χ2v) is 8.89. The van der Waals surface area contributed by atoms with Crippen molar-refractivity contribution in [1.29, 1.82) is 0 Å². The van der Waals surface area contributed by atoms with Gasteiger partial charge in [-0.3, -0.25) is 4.79 Å². The molecular weight excluding hydrogens is 324 g/mol. The number of benzene rings is 1. The molecule has 0 unspecified atom stereocenters. The lowest BCUT2D eigenvalue weighted by atomic mass is 10.0. The molecular formula is C18H28N2O3S. The minimum atomic E-state index is -3.53. The van der Waals surface area contributed by atoms with Gasteiger partial charge in [0.1, 0.15) is 0 Å². The third-order valence-corrected chi connectivity index (χ3v) is 6.66. The van der Waals surface area contributed by atoms with E-state index in [0.29, 0.717) is 24.6 Å². The Labute approximate surface area is 145 Å². The third kappa shape index (κ3) is 4.16. The van der Waals surface area contributed by atoms with Gasteiger partial charge in [0.2, 0.25) is 10.0 Å². The Kier molecular flexibility index (Phi) is 6.04. The highest BCUT2D eigenvalue weighted by Gasteiger charge is 2.27. The molecule has 1 fully saturated rings. The number of nitrogens with zero attached hydrogens (tertiary/aromatic N) is 1. The van der Waals surface area contributed by atoms with E-state index in [1.54, 1.807) is 12.1 Å². The predicted octanol–water partition coefficient (Wildman–Crippen LogP) is 2.94. The molecule has 24 heavy (non-hydrogen) atoms. The second-order valence-electron chi connectivity index (χ2n) is 6.95. The van der Waals surface area contributed by atoms with E-state index in [9.17, 15) is 13.2 Å². The van der Waals surface area contributed by atoms with Crippen LogP contribution in [0.2, 0.25) is 0 Å². The van der Waals surface area contributed by atoms with Crippen molar-refractivity contribution >= 4 is 15.9 Å². The number of hydrogen-bond acceptors (Lipinski definition) is 3. The Morgan fingerprint density at radius 1 is 1.12 bits per heavy atom. The van der Waals surface area contributed by atoms with E-state index in [1.165, 1.54) is 10.4 Å². The van der Waals surface area contributed by atoms with E-state index in [2.05, 4.69) is 5.32 Å². The van der Waals surface area contributed by atoms with Gasteiger partial charge in [-0.15, -0.1) is 0 Å². The lowest BCUT2D eigenvalue weighted by molar-refractivity contribution is 0.0929. The smallest absolute Gasteiger partial charge is 0.251 e. The predicted molar refractivity (Wildman–Crippen MR) is 95.6 cm³/mol. The normalized spacial score (nSPS) is 17.7. The first-order valence-corrected chi connectivity index (χ1v) is 10.1. The zero-order valence-electron chi connectivity index (χ0n) is 15.0. The number of amides is 1. The summed E-state index contributed by atoms with van der Waals surface area (Å²) in [6.45, 7) is 8.97. The van der Waals surface area contributed by atoms with Crippen molar-refractivity contribution in [2.45, 2.75) is 57.9 Å². The Balaban J connectivity index is 2.29. The van der Waals surface area contributed by atoms with Gasteiger partial charge in [0.25, 0.3) is 5.91 Å². The van der Waals surface area contributed by atoms with Crippen LogP contribution in [0.25, 0.3) is 0 Å². The average molecular weight is 352 g/mol. The summed E-state index contributed by atoms with van der Waals surface area (Å²) >= 11 is 0. The van der Waals surface area contributed by atoms with Gasteiger partial charge >= 0.3 is 0 Å². The maximum atomic E-state index is 12.8. The molecule has 0 saturated carbocycles. The van der Waals surface area contributed by atoms with Gasteiger partial charge in [-0.1, -0.05) is 26.3 Å². The quantitative estimate of drug-likeness (QED) is 0.886. The van der Waals surface area contributed by atoms with E-state index in [4.69, 9.17) is 0 Å².